The number of nitrogens with one attached hydrogen (secondary N) is 1. The lowest BCUT2D eigenvalue weighted by molar-refractivity contribution is -0.113. The van der Waals surface area contributed by atoms with E-state index in [-0.39, 0.29) is 23.8 Å². The fourth-order valence-electron chi connectivity index (χ4n) is 3.23. The van der Waals surface area contributed by atoms with E-state index in [1.54, 1.807) is 56.9 Å². The van der Waals surface area contributed by atoms with Gasteiger partial charge in [-0.15, -0.1) is 17.9 Å². The number of aromatic nitrogens is 2. The van der Waals surface area contributed by atoms with Crippen LogP contribution in [0.3, 0.4) is 0 Å². The molecule has 170 valence electrons. The van der Waals surface area contributed by atoms with Gasteiger partial charge in [0.15, 0.2) is 5.16 Å². The number of carbonyl (C=O) groups is 1. The molecule has 3 heterocycles. The van der Waals surface area contributed by atoms with Crippen LogP contribution in [0, 0.1) is 0 Å². The van der Waals surface area contributed by atoms with E-state index in [9.17, 15) is 9.59 Å². The number of furan rings is 1. The zero-order chi connectivity index (χ0) is 23.4. The topological polar surface area (TPSA) is 95.6 Å². The van der Waals surface area contributed by atoms with Crippen LogP contribution in [0.1, 0.15) is 0 Å². The zero-order valence-electron chi connectivity index (χ0n) is 18.0. The van der Waals surface area contributed by atoms with Gasteiger partial charge in [0, 0.05) is 41.4 Å². The number of amides is 1. The fraction of sp³-hybridized carbons (Fsp3) is 0.174. The Labute approximate surface area is 197 Å². The molecule has 1 amide bonds. The summed E-state index contributed by atoms with van der Waals surface area (Å²) >= 11 is 2.54. The molecule has 0 unspecified atom stereocenters. The molecule has 0 aliphatic rings. The third-order valence-electron chi connectivity index (χ3n) is 4.72. The number of methoxy groups -OCH3 is 2. The van der Waals surface area contributed by atoms with Crippen LogP contribution < -0.4 is 20.3 Å². The molecular weight excluding hydrogens is 462 g/mol. The van der Waals surface area contributed by atoms with Crippen molar-refractivity contribution in [2.24, 2.45) is 0 Å². The quantitative estimate of drug-likeness (QED) is 0.210. The summed E-state index contributed by atoms with van der Waals surface area (Å²) < 4.78 is 17.5. The average Bonchev–Trinajstić information content (AvgIpc) is 3.49. The van der Waals surface area contributed by atoms with E-state index in [1.165, 1.54) is 27.7 Å². The van der Waals surface area contributed by atoms with Crippen LogP contribution in [0.4, 0.5) is 5.69 Å². The Hall–Kier alpha value is -3.50. The number of benzene rings is 1. The normalized spacial score (nSPS) is 10.8. The first-order valence-corrected chi connectivity index (χ1v) is 11.7. The van der Waals surface area contributed by atoms with Crippen LogP contribution >= 0.6 is 23.1 Å². The largest absolute Gasteiger partial charge is 0.497 e. The summed E-state index contributed by atoms with van der Waals surface area (Å²) in [6.07, 6.45) is 3.19. The molecule has 3 aromatic heterocycles. The number of rotatable bonds is 9. The third-order valence-corrected chi connectivity index (χ3v) is 6.57. The summed E-state index contributed by atoms with van der Waals surface area (Å²) in [6.45, 7) is 4.02. The predicted molar refractivity (Wildman–Crippen MR) is 131 cm³/mol. The number of carbonyl (C=O) groups excluding carboxylic acids is 1. The molecule has 0 aliphatic heterocycles. The number of thioether (sulfide) groups is 1. The van der Waals surface area contributed by atoms with Crippen LogP contribution in [0.2, 0.25) is 0 Å². The molecule has 33 heavy (non-hydrogen) atoms. The van der Waals surface area contributed by atoms with Gasteiger partial charge in [-0.2, -0.15) is 0 Å². The highest BCUT2D eigenvalue weighted by atomic mass is 32.2. The standard InChI is InChI=1S/C23H21N3O5S2/c1-4-7-26-22(28)20-17(18-6-5-8-31-18)12-32-21(20)25-23(26)33-13-19(27)24-14-9-15(29-2)11-16(10-14)30-3/h4-6,8-12H,1,7,13H2,2-3H3,(H,24,27). The summed E-state index contributed by atoms with van der Waals surface area (Å²) in [5, 5.41) is 5.61. The molecule has 0 saturated heterocycles. The van der Waals surface area contributed by atoms with E-state index in [0.717, 1.165) is 0 Å². The van der Waals surface area contributed by atoms with E-state index < -0.39 is 0 Å². The Morgan fingerprint density at radius 1 is 1.30 bits per heavy atom. The number of hydrogen-bond acceptors (Lipinski definition) is 8. The van der Waals surface area contributed by atoms with Gasteiger partial charge in [-0.05, 0) is 12.1 Å². The minimum atomic E-state index is -0.253. The van der Waals surface area contributed by atoms with Crippen molar-refractivity contribution in [1.82, 2.24) is 9.55 Å². The Balaban J connectivity index is 1.58. The Morgan fingerprint density at radius 3 is 2.70 bits per heavy atom. The van der Waals surface area contributed by atoms with Crippen molar-refractivity contribution < 1.29 is 18.7 Å². The van der Waals surface area contributed by atoms with Crippen LogP contribution in [0.5, 0.6) is 11.5 Å². The van der Waals surface area contributed by atoms with E-state index in [4.69, 9.17) is 13.9 Å². The van der Waals surface area contributed by atoms with Gasteiger partial charge in [-0.1, -0.05) is 17.8 Å². The minimum absolute atomic E-state index is 0.0605. The second-order valence-electron chi connectivity index (χ2n) is 6.84. The fourth-order valence-corrected chi connectivity index (χ4v) is 5.00. The van der Waals surface area contributed by atoms with Crippen LogP contribution in [0.15, 0.2) is 69.0 Å². The molecule has 8 nitrogen and oxygen atoms in total. The van der Waals surface area contributed by atoms with Crippen LogP contribution in [0.25, 0.3) is 21.5 Å². The third kappa shape index (κ3) is 4.81. The Kier molecular flexibility index (Phi) is 6.85. The second-order valence-corrected chi connectivity index (χ2v) is 8.64. The van der Waals surface area contributed by atoms with Gasteiger partial charge in [-0.3, -0.25) is 14.2 Å². The molecule has 4 rings (SSSR count). The lowest BCUT2D eigenvalue weighted by Crippen LogP contribution is -2.23. The van der Waals surface area contributed by atoms with Crippen molar-refractivity contribution in [3.63, 3.8) is 0 Å². The molecule has 1 N–H and O–H groups in total. The van der Waals surface area contributed by atoms with Gasteiger partial charge in [-0.25, -0.2) is 4.98 Å². The van der Waals surface area contributed by atoms with E-state index in [1.807, 2.05) is 5.38 Å². The first kappa shape index (κ1) is 22.7. The Morgan fingerprint density at radius 2 is 2.06 bits per heavy atom. The summed E-state index contributed by atoms with van der Waals surface area (Å²) in [7, 11) is 3.08. The lowest BCUT2D eigenvalue weighted by Gasteiger charge is -2.12. The number of hydrogen-bond donors (Lipinski definition) is 1. The van der Waals surface area contributed by atoms with Gasteiger partial charge < -0.3 is 19.2 Å². The van der Waals surface area contributed by atoms with Gasteiger partial charge in [0.1, 0.15) is 22.1 Å². The smallest absolute Gasteiger partial charge is 0.263 e. The second kappa shape index (κ2) is 9.97. The molecule has 0 saturated carbocycles. The monoisotopic (exact) mass is 483 g/mol. The number of thiophene rings is 1. The molecule has 0 bridgehead atoms. The van der Waals surface area contributed by atoms with Gasteiger partial charge >= 0.3 is 0 Å². The minimum Gasteiger partial charge on any atom is -0.497 e. The molecule has 0 aliphatic carbocycles. The molecule has 0 fully saturated rings. The van der Waals surface area contributed by atoms with E-state index >= 15 is 0 Å². The molecular formula is C23H21N3O5S2. The number of anilines is 1. The van der Waals surface area contributed by atoms with Crippen molar-refractivity contribution in [2.45, 2.75) is 11.7 Å². The maximum absolute atomic E-state index is 13.3. The van der Waals surface area contributed by atoms with Crippen molar-refractivity contribution >= 4 is 44.9 Å². The van der Waals surface area contributed by atoms with Crippen LogP contribution in [-0.2, 0) is 11.3 Å². The number of allylic oxidation sites excluding steroid dienone is 1. The van der Waals surface area contributed by atoms with Crippen molar-refractivity contribution in [2.75, 3.05) is 25.3 Å². The van der Waals surface area contributed by atoms with E-state index in [0.29, 0.717) is 43.9 Å². The maximum Gasteiger partial charge on any atom is 0.263 e. The van der Waals surface area contributed by atoms with Gasteiger partial charge in [0.2, 0.25) is 5.91 Å². The average molecular weight is 484 g/mol. The highest BCUT2D eigenvalue weighted by Crippen LogP contribution is 2.32. The summed E-state index contributed by atoms with van der Waals surface area (Å²) in [6, 6.07) is 8.69. The van der Waals surface area contributed by atoms with Gasteiger partial charge in [0.25, 0.3) is 5.56 Å². The highest BCUT2D eigenvalue weighted by Gasteiger charge is 2.19. The Bertz CT molecular complexity index is 1340. The van der Waals surface area contributed by atoms with Crippen molar-refractivity contribution in [3.8, 4) is 22.8 Å². The number of nitrogens with zero attached hydrogens (tertiary/aromatic N) is 2. The highest BCUT2D eigenvalue weighted by molar-refractivity contribution is 7.99. The molecule has 0 radical (unpaired) electrons. The maximum atomic E-state index is 13.3. The summed E-state index contributed by atoms with van der Waals surface area (Å²) in [5.74, 6) is 1.55. The predicted octanol–water partition coefficient (Wildman–Crippen LogP) is 4.65. The SMILES string of the molecule is C=CCn1c(SCC(=O)Nc2cc(OC)cc(OC)c2)nc2scc(-c3ccco3)c2c1=O. The molecule has 4 aromatic rings. The lowest BCUT2D eigenvalue weighted by atomic mass is 10.2. The first-order chi connectivity index (χ1) is 16.0. The summed E-state index contributed by atoms with van der Waals surface area (Å²) in [4.78, 5) is 31.1. The number of fused-ring (bicyclic) bond motifs is 1. The summed E-state index contributed by atoms with van der Waals surface area (Å²) in [5.41, 5.74) is 1.05. The molecule has 1 aromatic carbocycles. The zero-order valence-corrected chi connectivity index (χ0v) is 19.6. The molecule has 10 heteroatoms. The number of ether oxygens (including phenoxy) is 2. The first-order valence-electron chi connectivity index (χ1n) is 9.86. The molecule has 0 spiro atoms. The van der Waals surface area contributed by atoms with Gasteiger partial charge in [0.05, 0.1) is 31.6 Å². The van der Waals surface area contributed by atoms with Crippen LogP contribution in [-0.4, -0.2) is 35.4 Å². The molecule has 0 atom stereocenters. The van der Waals surface area contributed by atoms with E-state index in [2.05, 4.69) is 16.9 Å². The van der Waals surface area contributed by atoms with Crippen molar-refractivity contribution in [3.05, 3.63) is 65.0 Å². The van der Waals surface area contributed by atoms with Crippen molar-refractivity contribution in [1.29, 1.82) is 0 Å².